The fourth-order valence-corrected chi connectivity index (χ4v) is 2.47. The highest BCUT2D eigenvalue weighted by atomic mass is 16.4. The van der Waals surface area contributed by atoms with Gasteiger partial charge in [0.2, 0.25) is 0 Å². The third-order valence-electron chi connectivity index (χ3n) is 3.66. The van der Waals surface area contributed by atoms with Gasteiger partial charge in [0.1, 0.15) is 5.84 Å². The molecule has 0 spiro atoms. The summed E-state index contributed by atoms with van der Waals surface area (Å²) < 4.78 is 0. The number of para-hydroxylation sites is 1. The van der Waals surface area contributed by atoms with Crippen LogP contribution in [-0.2, 0) is 0 Å². The summed E-state index contributed by atoms with van der Waals surface area (Å²) in [5.41, 5.74) is 8.81. The molecule has 0 aliphatic carbocycles. The monoisotopic (exact) mass is 286 g/mol. The molecule has 0 aliphatic rings. The summed E-state index contributed by atoms with van der Waals surface area (Å²) in [6, 6.07) is 10.2. The van der Waals surface area contributed by atoms with Crippen molar-refractivity contribution in [3.63, 3.8) is 0 Å². The first-order valence-electron chi connectivity index (χ1n) is 7.15. The lowest BCUT2D eigenvalue weighted by Crippen LogP contribution is -2.35. The first kappa shape index (κ1) is 15.1. The summed E-state index contributed by atoms with van der Waals surface area (Å²) in [5.74, 6) is 0.228. The van der Waals surface area contributed by atoms with Crippen molar-refractivity contribution in [1.82, 2.24) is 4.98 Å². The Morgan fingerprint density at radius 2 is 2.14 bits per heavy atom. The van der Waals surface area contributed by atoms with Crippen molar-refractivity contribution in [3.8, 4) is 0 Å². The molecule has 1 aromatic carbocycles. The number of rotatable bonds is 5. The maximum absolute atomic E-state index is 8.81. The third kappa shape index (κ3) is 3.24. The van der Waals surface area contributed by atoms with Gasteiger partial charge in [0, 0.05) is 35.8 Å². The number of hydrogen-bond donors (Lipinski definition) is 2. The van der Waals surface area contributed by atoms with Gasteiger partial charge in [-0.25, -0.2) is 0 Å². The van der Waals surface area contributed by atoms with Crippen molar-refractivity contribution in [2.45, 2.75) is 20.8 Å². The van der Waals surface area contributed by atoms with Gasteiger partial charge in [0.15, 0.2) is 0 Å². The zero-order valence-electron chi connectivity index (χ0n) is 12.7. The molecular formula is C16H22N4O. The minimum absolute atomic E-state index is 0.0258. The molecule has 0 amide bonds. The van der Waals surface area contributed by atoms with E-state index in [0.717, 1.165) is 28.8 Å². The average molecular weight is 286 g/mol. The minimum Gasteiger partial charge on any atom is -0.409 e. The number of amidine groups is 1. The highest BCUT2D eigenvalue weighted by Crippen LogP contribution is 2.27. The predicted molar refractivity (Wildman–Crippen MR) is 86.9 cm³/mol. The molecule has 1 atom stereocenters. The molecule has 0 fully saturated rings. The standard InChI is InChI=1S/C16H22N4O/c1-4-20(10-11(2)16(17)19-21)15-9-12(3)18-14-8-6-5-7-13(14)15/h5-9,11,21H,4,10H2,1-3H3,(H2,17,19). The van der Waals surface area contributed by atoms with Gasteiger partial charge in [-0.2, -0.15) is 0 Å². The van der Waals surface area contributed by atoms with Crippen LogP contribution in [0.25, 0.3) is 10.9 Å². The molecule has 0 saturated heterocycles. The van der Waals surface area contributed by atoms with Crippen LogP contribution in [0.3, 0.4) is 0 Å². The molecule has 0 bridgehead atoms. The molecule has 21 heavy (non-hydrogen) atoms. The molecule has 0 radical (unpaired) electrons. The Morgan fingerprint density at radius 3 is 2.81 bits per heavy atom. The Hall–Kier alpha value is -2.30. The molecule has 2 aromatic rings. The number of hydrogen-bond acceptors (Lipinski definition) is 4. The lowest BCUT2D eigenvalue weighted by atomic mass is 10.1. The molecule has 5 nitrogen and oxygen atoms in total. The molecule has 1 heterocycles. The zero-order valence-corrected chi connectivity index (χ0v) is 12.7. The summed E-state index contributed by atoms with van der Waals surface area (Å²) in [6.45, 7) is 7.59. The van der Waals surface area contributed by atoms with Crippen LogP contribution in [0.1, 0.15) is 19.5 Å². The van der Waals surface area contributed by atoms with E-state index in [1.54, 1.807) is 0 Å². The molecule has 3 N–H and O–H groups in total. The van der Waals surface area contributed by atoms with Crippen molar-refractivity contribution in [2.24, 2.45) is 16.8 Å². The number of fused-ring (bicyclic) bond motifs is 1. The lowest BCUT2D eigenvalue weighted by Gasteiger charge is -2.27. The van der Waals surface area contributed by atoms with Crippen LogP contribution >= 0.6 is 0 Å². The molecule has 1 unspecified atom stereocenters. The summed E-state index contributed by atoms with van der Waals surface area (Å²) in [7, 11) is 0. The molecule has 1 aromatic heterocycles. The van der Waals surface area contributed by atoms with E-state index in [4.69, 9.17) is 10.9 Å². The Balaban J connectivity index is 2.42. The van der Waals surface area contributed by atoms with Crippen LogP contribution in [-0.4, -0.2) is 29.1 Å². The van der Waals surface area contributed by atoms with E-state index in [0.29, 0.717) is 6.54 Å². The maximum Gasteiger partial charge on any atom is 0.143 e. The van der Waals surface area contributed by atoms with Crippen LogP contribution in [0, 0.1) is 12.8 Å². The van der Waals surface area contributed by atoms with E-state index in [1.807, 2.05) is 32.0 Å². The van der Waals surface area contributed by atoms with E-state index in [-0.39, 0.29) is 11.8 Å². The van der Waals surface area contributed by atoms with Crippen molar-refractivity contribution in [3.05, 3.63) is 36.0 Å². The van der Waals surface area contributed by atoms with Crippen LogP contribution in [0.4, 0.5) is 5.69 Å². The number of aryl methyl sites for hydroxylation is 1. The fraction of sp³-hybridized carbons (Fsp3) is 0.375. The SMILES string of the molecule is CCN(CC(C)C(N)=NO)c1cc(C)nc2ccccc12. The third-order valence-corrected chi connectivity index (χ3v) is 3.66. The number of oxime groups is 1. The minimum atomic E-state index is -0.0258. The Bertz CT molecular complexity index is 654. The van der Waals surface area contributed by atoms with Gasteiger partial charge in [0.05, 0.1) is 5.52 Å². The quantitative estimate of drug-likeness (QED) is 0.383. The van der Waals surface area contributed by atoms with E-state index in [9.17, 15) is 0 Å². The second-order valence-corrected chi connectivity index (χ2v) is 5.26. The van der Waals surface area contributed by atoms with Gasteiger partial charge in [-0.1, -0.05) is 30.3 Å². The number of aromatic nitrogens is 1. The van der Waals surface area contributed by atoms with Gasteiger partial charge in [-0.3, -0.25) is 4.98 Å². The van der Waals surface area contributed by atoms with Crippen molar-refractivity contribution in [1.29, 1.82) is 0 Å². The largest absolute Gasteiger partial charge is 0.409 e. The summed E-state index contributed by atoms with van der Waals surface area (Å²) in [5, 5.41) is 13.0. The lowest BCUT2D eigenvalue weighted by molar-refractivity contribution is 0.314. The van der Waals surface area contributed by atoms with Gasteiger partial charge in [-0.05, 0) is 26.0 Å². The highest BCUT2D eigenvalue weighted by Gasteiger charge is 2.16. The van der Waals surface area contributed by atoms with E-state index in [2.05, 4.69) is 34.1 Å². The Kier molecular flexibility index (Phi) is 4.62. The normalized spacial score (nSPS) is 13.4. The summed E-state index contributed by atoms with van der Waals surface area (Å²) in [6.07, 6.45) is 0. The smallest absolute Gasteiger partial charge is 0.143 e. The van der Waals surface area contributed by atoms with Gasteiger partial charge < -0.3 is 15.8 Å². The highest BCUT2D eigenvalue weighted by molar-refractivity contribution is 5.92. The van der Waals surface area contributed by atoms with Crippen molar-refractivity contribution in [2.75, 3.05) is 18.0 Å². The summed E-state index contributed by atoms with van der Waals surface area (Å²) in [4.78, 5) is 6.80. The number of nitrogens with two attached hydrogens (primary N) is 1. The number of pyridine rings is 1. The van der Waals surface area contributed by atoms with Crippen molar-refractivity contribution < 1.29 is 5.21 Å². The molecular weight excluding hydrogens is 264 g/mol. The topological polar surface area (TPSA) is 74.7 Å². The zero-order chi connectivity index (χ0) is 15.4. The second-order valence-electron chi connectivity index (χ2n) is 5.26. The maximum atomic E-state index is 8.81. The van der Waals surface area contributed by atoms with Crippen molar-refractivity contribution >= 4 is 22.4 Å². The fourth-order valence-electron chi connectivity index (χ4n) is 2.47. The Labute approximate surface area is 125 Å². The summed E-state index contributed by atoms with van der Waals surface area (Å²) >= 11 is 0. The average Bonchev–Trinajstić information content (AvgIpc) is 2.50. The van der Waals surface area contributed by atoms with E-state index in [1.165, 1.54) is 0 Å². The van der Waals surface area contributed by atoms with Crippen LogP contribution in [0.5, 0.6) is 0 Å². The first-order chi connectivity index (χ1) is 10.1. The first-order valence-corrected chi connectivity index (χ1v) is 7.15. The number of anilines is 1. The van der Waals surface area contributed by atoms with Crippen LogP contribution in [0.2, 0.25) is 0 Å². The van der Waals surface area contributed by atoms with E-state index >= 15 is 0 Å². The van der Waals surface area contributed by atoms with E-state index < -0.39 is 0 Å². The van der Waals surface area contributed by atoms with Crippen LogP contribution in [0.15, 0.2) is 35.5 Å². The molecule has 0 saturated carbocycles. The van der Waals surface area contributed by atoms with Gasteiger partial charge in [-0.15, -0.1) is 0 Å². The molecule has 2 rings (SSSR count). The second kappa shape index (κ2) is 6.43. The van der Waals surface area contributed by atoms with Gasteiger partial charge in [0.25, 0.3) is 0 Å². The van der Waals surface area contributed by atoms with Gasteiger partial charge >= 0.3 is 0 Å². The van der Waals surface area contributed by atoms with Crippen LogP contribution < -0.4 is 10.6 Å². The molecule has 5 heteroatoms. The number of benzene rings is 1. The Morgan fingerprint density at radius 1 is 1.43 bits per heavy atom. The predicted octanol–water partition coefficient (Wildman–Crippen LogP) is 2.75. The number of nitrogens with zero attached hydrogens (tertiary/aromatic N) is 3. The molecule has 0 aliphatic heterocycles. The molecule has 112 valence electrons.